The molecular weight excluding hydrogens is 284 g/mol. The van der Waals surface area contributed by atoms with Gasteiger partial charge in [-0.05, 0) is 32.2 Å². The van der Waals surface area contributed by atoms with E-state index in [4.69, 9.17) is 10.3 Å². The van der Waals surface area contributed by atoms with E-state index < -0.39 is 0 Å². The third kappa shape index (κ3) is 4.84. The maximum absolute atomic E-state index is 12.1. The van der Waals surface area contributed by atoms with Crippen LogP contribution in [0.5, 0.6) is 0 Å². The molecule has 1 aliphatic rings. The Balaban J connectivity index is 1.78. The number of nitrogens with two attached hydrogens (primary N) is 1. The SMILES string of the molecule is CCC(CNC(=O)CCCN)NC(=O)c1cc(C2CC2)on1. The van der Waals surface area contributed by atoms with Crippen molar-refractivity contribution in [1.82, 2.24) is 15.8 Å². The molecule has 0 bridgehead atoms. The largest absolute Gasteiger partial charge is 0.360 e. The van der Waals surface area contributed by atoms with Crippen molar-refractivity contribution < 1.29 is 14.1 Å². The molecule has 1 saturated carbocycles. The molecule has 1 aromatic heterocycles. The van der Waals surface area contributed by atoms with Crippen LogP contribution in [0, 0.1) is 0 Å². The topological polar surface area (TPSA) is 110 Å². The standard InChI is InChI=1S/C15H24N4O3/c1-2-11(9-17-14(20)4-3-7-16)18-15(21)12-8-13(22-19-12)10-5-6-10/h8,10-11H,2-7,9,16H2,1H3,(H,17,20)(H,18,21). The van der Waals surface area contributed by atoms with E-state index in [1.807, 2.05) is 6.92 Å². The summed E-state index contributed by atoms with van der Waals surface area (Å²) in [5, 5.41) is 9.48. The second kappa shape index (κ2) is 7.93. The van der Waals surface area contributed by atoms with Gasteiger partial charge >= 0.3 is 0 Å². The van der Waals surface area contributed by atoms with Crippen molar-refractivity contribution in [2.75, 3.05) is 13.1 Å². The van der Waals surface area contributed by atoms with Crippen LogP contribution in [0.15, 0.2) is 10.6 Å². The second-order valence-corrected chi connectivity index (χ2v) is 5.66. The first-order valence-electron chi connectivity index (χ1n) is 7.88. The summed E-state index contributed by atoms with van der Waals surface area (Å²) in [6, 6.07) is 1.58. The highest BCUT2D eigenvalue weighted by Gasteiger charge is 2.29. The number of carbonyl (C=O) groups is 2. The van der Waals surface area contributed by atoms with Gasteiger partial charge in [0, 0.05) is 31.0 Å². The summed E-state index contributed by atoms with van der Waals surface area (Å²) in [6.07, 6.45) is 3.99. The number of aromatic nitrogens is 1. The fourth-order valence-electron chi connectivity index (χ4n) is 2.10. The van der Waals surface area contributed by atoms with Gasteiger partial charge in [0.25, 0.3) is 5.91 Å². The summed E-state index contributed by atoms with van der Waals surface area (Å²) in [5.41, 5.74) is 5.66. The minimum atomic E-state index is -0.265. The molecule has 0 aromatic carbocycles. The number of hydrogen-bond donors (Lipinski definition) is 3. The molecule has 1 aromatic rings. The summed E-state index contributed by atoms with van der Waals surface area (Å²) in [7, 11) is 0. The fraction of sp³-hybridized carbons (Fsp3) is 0.667. The van der Waals surface area contributed by atoms with Crippen LogP contribution in [-0.2, 0) is 4.79 Å². The highest BCUT2D eigenvalue weighted by Crippen LogP contribution is 2.40. The Bertz CT molecular complexity index is 511. The van der Waals surface area contributed by atoms with Crippen LogP contribution in [0.2, 0.25) is 0 Å². The molecule has 4 N–H and O–H groups in total. The average molecular weight is 308 g/mol. The molecule has 122 valence electrons. The molecule has 0 saturated heterocycles. The maximum atomic E-state index is 12.1. The molecule has 7 heteroatoms. The van der Waals surface area contributed by atoms with Gasteiger partial charge in [0.2, 0.25) is 5.91 Å². The smallest absolute Gasteiger partial charge is 0.273 e. The van der Waals surface area contributed by atoms with Crippen molar-refractivity contribution in [1.29, 1.82) is 0 Å². The number of amides is 2. The molecule has 1 aliphatic carbocycles. The monoisotopic (exact) mass is 308 g/mol. The molecule has 1 heterocycles. The molecular formula is C15H24N4O3. The third-order valence-electron chi connectivity index (χ3n) is 3.72. The van der Waals surface area contributed by atoms with Gasteiger partial charge in [-0.1, -0.05) is 12.1 Å². The Labute approximate surface area is 130 Å². The van der Waals surface area contributed by atoms with Crippen LogP contribution >= 0.6 is 0 Å². The molecule has 1 fully saturated rings. The van der Waals surface area contributed by atoms with Crippen LogP contribution in [0.4, 0.5) is 0 Å². The summed E-state index contributed by atoms with van der Waals surface area (Å²) >= 11 is 0. The molecule has 2 rings (SSSR count). The van der Waals surface area contributed by atoms with Crippen molar-refractivity contribution in [2.45, 2.75) is 51.0 Å². The van der Waals surface area contributed by atoms with E-state index in [0.29, 0.717) is 37.5 Å². The first kappa shape index (κ1) is 16.5. The Morgan fingerprint density at radius 3 is 2.91 bits per heavy atom. The molecule has 22 heavy (non-hydrogen) atoms. The lowest BCUT2D eigenvalue weighted by Crippen LogP contribution is -2.43. The van der Waals surface area contributed by atoms with E-state index >= 15 is 0 Å². The van der Waals surface area contributed by atoms with Crippen molar-refractivity contribution >= 4 is 11.8 Å². The lowest BCUT2D eigenvalue weighted by atomic mass is 10.2. The van der Waals surface area contributed by atoms with Crippen LogP contribution in [0.25, 0.3) is 0 Å². The Morgan fingerprint density at radius 2 is 2.27 bits per heavy atom. The zero-order valence-electron chi connectivity index (χ0n) is 12.9. The number of rotatable bonds is 9. The minimum Gasteiger partial charge on any atom is -0.360 e. The van der Waals surface area contributed by atoms with E-state index in [-0.39, 0.29) is 17.9 Å². The van der Waals surface area contributed by atoms with Gasteiger partial charge in [-0.25, -0.2) is 0 Å². The molecule has 0 spiro atoms. The van der Waals surface area contributed by atoms with Crippen LogP contribution in [-0.4, -0.2) is 36.1 Å². The Kier molecular flexibility index (Phi) is 5.94. The summed E-state index contributed by atoms with van der Waals surface area (Å²) < 4.78 is 5.18. The lowest BCUT2D eigenvalue weighted by molar-refractivity contribution is -0.121. The van der Waals surface area contributed by atoms with Gasteiger partial charge in [-0.15, -0.1) is 0 Å². The summed E-state index contributed by atoms with van der Waals surface area (Å²) in [4.78, 5) is 23.7. The van der Waals surface area contributed by atoms with Crippen molar-refractivity contribution in [3.05, 3.63) is 17.5 Å². The first-order valence-corrected chi connectivity index (χ1v) is 7.88. The van der Waals surface area contributed by atoms with Crippen molar-refractivity contribution in [3.63, 3.8) is 0 Å². The van der Waals surface area contributed by atoms with Gasteiger partial charge in [0.15, 0.2) is 5.69 Å². The predicted molar refractivity (Wildman–Crippen MR) is 81.3 cm³/mol. The number of nitrogens with one attached hydrogen (secondary N) is 2. The molecule has 1 atom stereocenters. The van der Waals surface area contributed by atoms with E-state index in [1.54, 1.807) is 6.07 Å². The highest BCUT2D eigenvalue weighted by atomic mass is 16.5. The highest BCUT2D eigenvalue weighted by molar-refractivity contribution is 5.92. The number of carbonyl (C=O) groups excluding carboxylic acids is 2. The number of hydrogen-bond acceptors (Lipinski definition) is 5. The molecule has 0 aliphatic heterocycles. The van der Waals surface area contributed by atoms with Crippen LogP contribution < -0.4 is 16.4 Å². The van der Waals surface area contributed by atoms with Crippen LogP contribution in [0.1, 0.15) is 61.2 Å². The Hall–Kier alpha value is -1.89. The lowest BCUT2D eigenvalue weighted by Gasteiger charge is -2.16. The Morgan fingerprint density at radius 1 is 1.50 bits per heavy atom. The molecule has 2 amide bonds. The average Bonchev–Trinajstić information content (AvgIpc) is 3.26. The fourth-order valence-corrected chi connectivity index (χ4v) is 2.10. The van der Waals surface area contributed by atoms with E-state index in [2.05, 4.69) is 15.8 Å². The summed E-state index contributed by atoms with van der Waals surface area (Å²) in [6.45, 7) is 2.85. The van der Waals surface area contributed by atoms with Gasteiger partial charge in [-0.3, -0.25) is 9.59 Å². The predicted octanol–water partition coefficient (Wildman–Crippen LogP) is 0.916. The second-order valence-electron chi connectivity index (χ2n) is 5.66. The zero-order valence-corrected chi connectivity index (χ0v) is 12.9. The van der Waals surface area contributed by atoms with Gasteiger partial charge < -0.3 is 20.9 Å². The van der Waals surface area contributed by atoms with Gasteiger partial charge in [-0.2, -0.15) is 0 Å². The van der Waals surface area contributed by atoms with Crippen molar-refractivity contribution in [3.8, 4) is 0 Å². The van der Waals surface area contributed by atoms with Gasteiger partial charge in [0.1, 0.15) is 5.76 Å². The normalized spacial score (nSPS) is 15.4. The quantitative estimate of drug-likeness (QED) is 0.628. The third-order valence-corrected chi connectivity index (χ3v) is 3.72. The van der Waals surface area contributed by atoms with Crippen LogP contribution in [0.3, 0.4) is 0 Å². The molecule has 1 unspecified atom stereocenters. The molecule has 0 radical (unpaired) electrons. The van der Waals surface area contributed by atoms with Crippen molar-refractivity contribution in [2.24, 2.45) is 5.73 Å². The first-order chi connectivity index (χ1) is 10.6. The van der Waals surface area contributed by atoms with E-state index in [9.17, 15) is 9.59 Å². The van der Waals surface area contributed by atoms with E-state index in [1.165, 1.54) is 0 Å². The maximum Gasteiger partial charge on any atom is 0.273 e. The summed E-state index contributed by atoms with van der Waals surface area (Å²) in [5.74, 6) is 0.903. The van der Waals surface area contributed by atoms with E-state index in [0.717, 1.165) is 25.0 Å². The number of nitrogens with zero attached hydrogens (tertiary/aromatic N) is 1. The minimum absolute atomic E-state index is 0.0457. The van der Waals surface area contributed by atoms with Gasteiger partial charge in [0.05, 0.1) is 0 Å². The zero-order chi connectivity index (χ0) is 15.9. The molecule has 7 nitrogen and oxygen atoms in total.